The molecule has 92 heavy (non-hydrogen) atoms. The standard InChI is InChI=1S/C73H122O17P2/c1-5-9-13-17-21-25-29-31-33-35-39-42-46-50-54-58-71(76)84-64-69(90-73(78)60-56-52-48-44-40-36-34-32-30-26-22-18-14-10-6-2)66-88-92(81,82)86-62-67(74)61-85-91(79,80)87-65-68(89-72(77)59-55-51-47-43-38-28-24-20-16-12-8-4)63-83-70(75)57-53-49-45-41-37-27-23-19-15-11-7-3/h9-10,13-14,21-22,25-26,31-34,39-40,42,44,50,52,54,56,67-69,74H,5-8,11-12,15-20,23-24,27-30,35-38,41,43,45-49,51,53,55,57-66H2,1-4H3,(H,79,80)(H,81,82)/b13-9-,14-10-,25-21-,26-22-,33-31-,34-32-,42-39-,44-40-,54-50-,56-52-. The van der Waals surface area contributed by atoms with Gasteiger partial charge in [0.25, 0.3) is 0 Å². The number of allylic oxidation sites excluding steroid dienone is 18. The van der Waals surface area contributed by atoms with Gasteiger partial charge in [0.05, 0.1) is 39.3 Å². The van der Waals surface area contributed by atoms with E-state index < -0.39 is 97.5 Å². The van der Waals surface area contributed by atoms with E-state index in [2.05, 4.69) is 101 Å². The maximum atomic E-state index is 13.0. The quantitative estimate of drug-likeness (QED) is 0.0169. The molecule has 5 atom stereocenters. The summed E-state index contributed by atoms with van der Waals surface area (Å²) in [6.07, 6.45) is 68.6. The molecule has 0 aliphatic carbocycles. The van der Waals surface area contributed by atoms with Crippen LogP contribution < -0.4 is 0 Å². The number of carbonyl (C=O) groups is 4. The minimum atomic E-state index is -5.01. The van der Waals surface area contributed by atoms with Crippen LogP contribution in [0, 0.1) is 0 Å². The fourth-order valence-electron chi connectivity index (χ4n) is 8.78. The number of hydrogen-bond acceptors (Lipinski definition) is 15. The number of hydrogen-bond donors (Lipinski definition) is 3. The van der Waals surface area contributed by atoms with Crippen molar-refractivity contribution in [2.24, 2.45) is 0 Å². The molecule has 0 saturated carbocycles. The van der Waals surface area contributed by atoms with Crippen molar-refractivity contribution in [2.45, 2.75) is 277 Å². The van der Waals surface area contributed by atoms with E-state index in [0.29, 0.717) is 25.7 Å². The van der Waals surface area contributed by atoms with Gasteiger partial charge in [-0.05, 0) is 77.0 Å². The van der Waals surface area contributed by atoms with Crippen LogP contribution in [0.25, 0.3) is 0 Å². The number of rotatable bonds is 64. The lowest BCUT2D eigenvalue weighted by molar-refractivity contribution is -0.161. The smallest absolute Gasteiger partial charge is 0.462 e. The van der Waals surface area contributed by atoms with Crippen LogP contribution in [0.15, 0.2) is 122 Å². The first-order chi connectivity index (χ1) is 44.7. The molecule has 0 saturated heterocycles. The highest BCUT2D eigenvalue weighted by Gasteiger charge is 2.30. The summed E-state index contributed by atoms with van der Waals surface area (Å²) in [5.74, 6) is -2.47. The maximum absolute atomic E-state index is 13.0. The van der Waals surface area contributed by atoms with Crippen LogP contribution in [0.1, 0.15) is 259 Å². The molecule has 0 heterocycles. The van der Waals surface area contributed by atoms with Crippen molar-refractivity contribution in [3.63, 3.8) is 0 Å². The normalized spacial score (nSPS) is 14.8. The highest BCUT2D eigenvalue weighted by Crippen LogP contribution is 2.45. The van der Waals surface area contributed by atoms with Crippen molar-refractivity contribution >= 4 is 39.5 Å². The fourth-order valence-corrected chi connectivity index (χ4v) is 10.4. The van der Waals surface area contributed by atoms with Gasteiger partial charge < -0.3 is 33.8 Å². The Morgan fingerprint density at radius 2 is 0.576 bits per heavy atom. The molecule has 17 nitrogen and oxygen atoms in total. The maximum Gasteiger partial charge on any atom is 0.472 e. The average Bonchev–Trinajstić information content (AvgIpc) is 2.93. The highest BCUT2D eigenvalue weighted by atomic mass is 31.2. The number of unbranched alkanes of at least 4 members (excludes halogenated alkanes) is 20. The Morgan fingerprint density at radius 3 is 0.913 bits per heavy atom. The predicted molar refractivity (Wildman–Crippen MR) is 371 cm³/mol. The molecule has 0 amide bonds. The van der Waals surface area contributed by atoms with Gasteiger partial charge in [-0.3, -0.25) is 37.3 Å². The van der Waals surface area contributed by atoms with Gasteiger partial charge in [-0.1, -0.05) is 278 Å². The Hall–Kier alpha value is -4.54. The van der Waals surface area contributed by atoms with Crippen molar-refractivity contribution in [1.29, 1.82) is 0 Å². The molecule has 526 valence electrons. The van der Waals surface area contributed by atoms with Gasteiger partial charge in [-0.15, -0.1) is 0 Å². The molecule has 0 fully saturated rings. The third-order valence-electron chi connectivity index (χ3n) is 14.0. The van der Waals surface area contributed by atoms with Gasteiger partial charge >= 0.3 is 39.5 Å². The molecule has 19 heteroatoms. The average molecular weight is 1330 g/mol. The largest absolute Gasteiger partial charge is 0.472 e. The van der Waals surface area contributed by atoms with Gasteiger partial charge in [0, 0.05) is 12.8 Å². The van der Waals surface area contributed by atoms with Crippen molar-refractivity contribution in [3.8, 4) is 0 Å². The molecule has 0 bridgehead atoms. The van der Waals surface area contributed by atoms with Crippen molar-refractivity contribution in [1.82, 2.24) is 0 Å². The molecule has 0 rings (SSSR count). The van der Waals surface area contributed by atoms with Crippen LogP contribution in [-0.4, -0.2) is 96.7 Å². The second-order valence-electron chi connectivity index (χ2n) is 22.8. The fraction of sp³-hybridized carbons (Fsp3) is 0.671. The van der Waals surface area contributed by atoms with Gasteiger partial charge in [0.1, 0.15) is 19.3 Å². The number of carbonyl (C=O) groups excluding carboxylic acids is 4. The third-order valence-corrected chi connectivity index (χ3v) is 15.9. The van der Waals surface area contributed by atoms with Crippen LogP contribution in [0.4, 0.5) is 0 Å². The number of phosphoric acid groups is 2. The summed E-state index contributed by atoms with van der Waals surface area (Å²) in [7, 11) is -9.99. The molecule has 0 radical (unpaired) electrons. The van der Waals surface area contributed by atoms with Crippen LogP contribution in [0.3, 0.4) is 0 Å². The lowest BCUT2D eigenvalue weighted by Gasteiger charge is -2.21. The van der Waals surface area contributed by atoms with Crippen LogP contribution in [0.2, 0.25) is 0 Å². The SMILES string of the molecule is CC/C=C\C/C=C\C/C=C\C/C=C\C/C=C\CC(=O)OCC(COP(=O)(O)OCC(O)COP(=O)(O)OCC(COC(=O)CCCCCCCCCCCCC)OC(=O)CCCCCCCCCCCCC)OC(=O)C/C=C\C/C=C\C/C=C\C/C=C\C/C=C\CC. The molecule has 3 N–H and O–H groups in total. The minimum absolute atomic E-state index is 0.0923. The summed E-state index contributed by atoms with van der Waals surface area (Å²) in [5, 5.41) is 10.6. The summed E-state index contributed by atoms with van der Waals surface area (Å²) >= 11 is 0. The lowest BCUT2D eigenvalue weighted by atomic mass is 10.1. The zero-order chi connectivity index (χ0) is 67.5. The zero-order valence-electron chi connectivity index (χ0n) is 56.9. The molecule has 5 unspecified atom stereocenters. The second-order valence-corrected chi connectivity index (χ2v) is 25.7. The number of aliphatic hydroxyl groups is 1. The Bertz CT molecular complexity index is 2230. The molecule has 0 aromatic heterocycles. The summed E-state index contributed by atoms with van der Waals surface area (Å²) in [4.78, 5) is 72.3. The van der Waals surface area contributed by atoms with Gasteiger partial charge in [-0.2, -0.15) is 0 Å². The van der Waals surface area contributed by atoms with E-state index in [1.165, 1.54) is 83.5 Å². The van der Waals surface area contributed by atoms with Gasteiger partial charge in [-0.25, -0.2) is 9.13 Å². The second kappa shape index (κ2) is 65.1. The van der Waals surface area contributed by atoms with Crippen molar-refractivity contribution in [2.75, 3.05) is 39.6 Å². The molecule has 0 aliphatic rings. The Kier molecular flexibility index (Phi) is 61.9. The van der Waals surface area contributed by atoms with Crippen molar-refractivity contribution in [3.05, 3.63) is 122 Å². The minimum Gasteiger partial charge on any atom is -0.462 e. The summed E-state index contributed by atoms with van der Waals surface area (Å²) in [5.41, 5.74) is 0. The van der Waals surface area contributed by atoms with E-state index in [-0.39, 0.29) is 25.7 Å². The van der Waals surface area contributed by atoms with E-state index in [1.807, 2.05) is 30.4 Å². The number of aliphatic hydroxyl groups excluding tert-OH is 1. The van der Waals surface area contributed by atoms with Crippen molar-refractivity contribution < 1.29 is 80.2 Å². The first-order valence-corrected chi connectivity index (χ1v) is 37.8. The van der Waals surface area contributed by atoms with E-state index in [1.54, 1.807) is 18.2 Å². The Labute approximate surface area is 555 Å². The van der Waals surface area contributed by atoms with E-state index in [4.69, 9.17) is 37.0 Å². The first-order valence-electron chi connectivity index (χ1n) is 34.8. The van der Waals surface area contributed by atoms with Crippen LogP contribution in [0.5, 0.6) is 0 Å². The molecule has 0 aromatic carbocycles. The topological polar surface area (TPSA) is 237 Å². The molecule has 0 aromatic rings. The van der Waals surface area contributed by atoms with Gasteiger partial charge in [0.2, 0.25) is 0 Å². The highest BCUT2D eigenvalue weighted by molar-refractivity contribution is 7.47. The van der Waals surface area contributed by atoms with E-state index >= 15 is 0 Å². The monoisotopic (exact) mass is 1330 g/mol. The molecule has 0 spiro atoms. The molecular formula is C73H122O17P2. The van der Waals surface area contributed by atoms with Crippen LogP contribution in [-0.2, 0) is 65.4 Å². The zero-order valence-corrected chi connectivity index (χ0v) is 58.7. The predicted octanol–water partition coefficient (Wildman–Crippen LogP) is 19.2. The third kappa shape index (κ3) is 64.2. The van der Waals surface area contributed by atoms with E-state index in [9.17, 15) is 43.2 Å². The van der Waals surface area contributed by atoms with Crippen LogP contribution >= 0.6 is 15.6 Å². The molecule has 0 aliphatic heterocycles. The lowest BCUT2D eigenvalue weighted by Crippen LogP contribution is -2.30. The summed E-state index contributed by atoms with van der Waals surface area (Å²) < 4.78 is 67.9. The first kappa shape index (κ1) is 87.5. The summed E-state index contributed by atoms with van der Waals surface area (Å²) in [6.45, 7) is 4.37. The Morgan fingerprint density at radius 1 is 0.315 bits per heavy atom. The van der Waals surface area contributed by atoms with E-state index in [0.717, 1.165) is 96.3 Å². The molecular weight excluding hydrogens is 1210 g/mol. The number of phosphoric ester groups is 2. The Balaban J connectivity index is 5.47. The number of esters is 4. The van der Waals surface area contributed by atoms with Gasteiger partial charge in [0.15, 0.2) is 12.2 Å². The number of ether oxygens (including phenoxy) is 4. The summed E-state index contributed by atoms with van der Waals surface area (Å²) in [6, 6.07) is 0.